The zero-order valence-corrected chi connectivity index (χ0v) is 21.1. The number of carbonyl (C=O) groups excluding carboxylic acids is 2. The molecule has 0 atom stereocenters. The Hall–Kier alpha value is -4.37. The second-order valence-corrected chi connectivity index (χ2v) is 10.0. The highest BCUT2D eigenvalue weighted by molar-refractivity contribution is 7.92. The van der Waals surface area contributed by atoms with E-state index in [1.54, 1.807) is 66.7 Å². The number of benzene rings is 3. The molecule has 0 aliphatic carbocycles. The van der Waals surface area contributed by atoms with E-state index in [9.17, 15) is 18.0 Å². The molecular weight excluding hydrogens is 490 g/mol. The Morgan fingerprint density at radius 3 is 2.30 bits per heavy atom. The minimum atomic E-state index is -4.05. The van der Waals surface area contributed by atoms with Crippen molar-refractivity contribution in [3.8, 4) is 0 Å². The Bertz CT molecular complexity index is 1470. The first-order chi connectivity index (χ1) is 17.9. The standard InChI is InChI=1S/C28H27N3O5S/c1-2-21-11-6-9-17-26(21)31(37(34,35)23-13-4-3-5-14-23)20-27(32)30-25-16-8-7-15-24(25)28(33)29-19-22-12-10-18-36-22/h3-18H,2,19-20H2,1H3,(H,29,33)(H,30,32). The number of hydrogen-bond donors (Lipinski definition) is 2. The Morgan fingerprint density at radius 2 is 1.57 bits per heavy atom. The summed E-state index contributed by atoms with van der Waals surface area (Å²) in [5.74, 6) is -0.402. The van der Waals surface area contributed by atoms with Gasteiger partial charge in [0.25, 0.3) is 15.9 Å². The molecule has 0 saturated carbocycles. The van der Waals surface area contributed by atoms with Crippen molar-refractivity contribution in [2.45, 2.75) is 24.8 Å². The molecular formula is C28H27N3O5S. The first-order valence-corrected chi connectivity index (χ1v) is 13.2. The van der Waals surface area contributed by atoms with Crippen LogP contribution in [0, 0.1) is 0 Å². The maximum absolute atomic E-state index is 13.6. The van der Waals surface area contributed by atoms with Crippen LogP contribution in [0.3, 0.4) is 0 Å². The number of sulfonamides is 1. The van der Waals surface area contributed by atoms with Gasteiger partial charge in [0.1, 0.15) is 12.3 Å². The van der Waals surface area contributed by atoms with Crippen molar-refractivity contribution in [2.75, 3.05) is 16.2 Å². The molecule has 0 bridgehead atoms. The molecule has 0 radical (unpaired) electrons. The lowest BCUT2D eigenvalue weighted by Crippen LogP contribution is -2.39. The number of hydrogen-bond acceptors (Lipinski definition) is 5. The lowest BCUT2D eigenvalue weighted by molar-refractivity contribution is -0.114. The maximum atomic E-state index is 13.6. The van der Waals surface area contributed by atoms with Crippen LogP contribution >= 0.6 is 0 Å². The van der Waals surface area contributed by atoms with Gasteiger partial charge in [-0.1, -0.05) is 55.5 Å². The predicted octanol–water partition coefficient (Wildman–Crippen LogP) is 4.61. The summed E-state index contributed by atoms with van der Waals surface area (Å²) >= 11 is 0. The maximum Gasteiger partial charge on any atom is 0.264 e. The van der Waals surface area contributed by atoms with E-state index < -0.39 is 28.4 Å². The van der Waals surface area contributed by atoms with Gasteiger partial charge in [-0.25, -0.2) is 8.42 Å². The number of para-hydroxylation sites is 2. The highest BCUT2D eigenvalue weighted by atomic mass is 32.2. The van der Waals surface area contributed by atoms with Gasteiger partial charge in [-0.05, 0) is 54.4 Å². The molecule has 9 heteroatoms. The number of nitrogens with one attached hydrogen (secondary N) is 2. The fourth-order valence-electron chi connectivity index (χ4n) is 3.86. The number of rotatable bonds is 10. The van der Waals surface area contributed by atoms with Gasteiger partial charge in [0.15, 0.2) is 0 Å². The summed E-state index contributed by atoms with van der Waals surface area (Å²) in [6.07, 6.45) is 2.10. The van der Waals surface area contributed by atoms with Crippen molar-refractivity contribution in [3.05, 3.63) is 114 Å². The Balaban J connectivity index is 1.59. The van der Waals surface area contributed by atoms with Gasteiger partial charge in [-0.2, -0.15) is 0 Å². The molecule has 1 heterocycles. The van der Waals surface area contributed by atoms with E-state index in [2.05, 4.69) is 10.6 Å². The van der Waals surface area contributed by atoms with Gasteiger partial charge in [-0.3, -0.25) is 13.9 Å². The SMILES string of the molecule is CCc1ccccc1N(CC(=O)Nc1ccccc1C(=O)NCc1ccco1)S(=O)(=O)c1ccccc1. The minimum absolute atomic E-state index is 0.0754. The van der Waals surface area contributed by atoms with Gasteiger partial charge in [0.2, 0.25) is 5.91 Å². The molecule has 3 aromatic carbocycles. The van der Waals surface area contributed by atoms with Gasteiger partial charge >= 0.3 is 0 Å². The topological polar surface area (TPSA) is 109 Å². The van der Waals surface area contributed by atoms with E-state index in [0.29, 0.717) is 17.9 Å². The summed E-state index contributed by atoms with van der Waals surface area (Å²) in [7, 11) is -4.05. The van der Waals surface area contributed by atoms with Crippen molar-refractivity contribution in [1.82, 2.24) is 5.32 Å². The van der Waals surface area contributed by atoms with Crippen molar-refractivity contribution in [2.24, 2.45) is 0 Å². The van der Waals surface area contributed by atoms with Crippen LogP contribution in [0.25, 0.3) is 0 Å². The fraction of sp³-hybridized carbons (Fsp3) is 0.143. The number of aryl methyl sites for hydroxylation is 1. The third kappa shape index (κ3) is 6.07. The van der Waals surface area contributed by atoms with Crippen LogP contribution in [0.2, 0.25) is 0 Å². The van der Waals surface area contributed by atoms with E-state index in [4.69, 9.17) is 4.42 Å². The Kier molecular flexibility index (Phi) is 8.05. The zero-order chi connectivity index (χ0) is 26.3. The molecule has 0 unspecified atom stereocenters. The second kappa shape index (κ2) is 11.6. The molecule has 2 amide bonds. The Morgan fingerprint density at radius 1 is 0.865 bits per heavy atom. The molecule has 190 valence electrons. The molecule has 0 aliphatic heterocycles. The van der Waals surface area contributed by atoms with E-state index in [1.165, 1.54) is 18.4 Å². The number of amides is 2. The summed E-state index contributed by atoms with van der Waals surface area (Å²) in [5, 5.41) is 5.47. The third-order valence-corrected chi connectivity index (χ3v) is 7.48. The monoisotopic (exact) mass is 517 g/mol. The molecule has 0 spiro atoms. The van der Waals surface area contributed by atoms with Crippen LogP contribution in [-0.4, -0.2) is 26.8 Å². The number of nitrogens with zero attached hydrogens (tertiary/aromatic N) is 1. The van der Waals surface area contributed by atoms with Gasteiger partial charge in [0.05, 0.1) is 34.6 Å². The molecule has 0 aliphatic rings. The first-order valence-electron chi connectivity index (χ1n) is 11.7. The van der Waals surface area contributed by atoms with Gasteiger partial charge in [-0.15, -0.1) is 0 Å². The summed E-state index contributed by atoms with van der Waals surface area (Å²) in [4.78, 5) is 26.1. The van der Waals surface area contributed by atoms with E-state index in [1.807, 2.05) is 19.1 Å². The van der Waals surface area contributed by atoms with Crippen LogP contribution < -0.4 is 14.9 Å². The normalized spacial score (nSPS) is 11.1. The number of anilines is 2. The highest BCUT2D eigenvalue weighted by Gasteiger charge is 2.28. The molecule has 1 aromatic heterocycles. The summed E-state index contributed by atoms with van der Waals surface area (Å²) < 4.78 is 33.6. The summed E-state index contributed by atoms with van der Waals surface area (Å²) in [6, 6.07) is 25.1. The van der Waals surface area contributed by atoms with Crippen molar-refractivity contribution in [1.29, 1.82) is 0 Å². The van der Waals surface area contributed by atoms with E-state index in [0.717, 1.165) is 9.87 Å². The first kappa shape index (κ1) is 25.7. The van der Waals surface area contributed by atoms with E-state index >= 15 is 0 Å². The van der Waals surface area contributed by atoms with Gasteiger partial charge in [0, 0.05) is 0 Å². The molecule has 4 rings (SSSR count). The molecule has 2 N–H and O–H groups in total. The predicted molar refractivity (Wildman–Crippen MR) is 142 cm³/mol. The Labute approximate surface area is 216 Å². The smallest absolute Gasteiger partial charge is 0.264 e. The lowest BCUT2D eigenvalue weighted by atomic mass is 10.1. The average molecular weight is 518 g/mol. The van der Waals surface area contributed by atoms with Crippen molar-refractivity contribution in [3.63, 3.8) is 0 Å². The van der Waals surface area contributed by atoms with Gasteiger partial charge < -0.3 is 15.1 Å². The van der Waals surface area contributed by atoms with Crippen molar-refractivity contribution < 1.29 is 22.4 Å². The summed E-state index contributed by atoms with van der Waals surface area (Å²) in [6.45, 7) is 1.63. The van der Waals surface area contributed by atoms with E-state index in [-0.39, 0.29) is 22.7 Å². The molecule has 4 aromatic rings. The average Bonchev–Trinajstić information content (AvgIpc) is 3.45. The second-order valence-electron chi connectivity index (χ2n) is 8.16. The molecule has 0 saturated heterocycles. The third-order valence-electron chi connectivity index (χ3n) is 5.71. The minimum Gasteiger partial charge on any atom is -0.467 e. The molecule has 37 heavy (non-hydrogen) atoms. The molecule has 8 nitrogen and oxygen atoms in total. The fourth-order valence-corrected chi connectivity index (χ4v) is 5.34. The van der Waals surface area contributed by atoms with Crippen LogP contribution in [-0.2, 0) is 27.8 Å². The quantitative estimate of drug-likeness (QED) is 0.319. The lowest BCUT2D eigenvalue weighted by Gasteiger charge is -2.26. The highest BCUT2D eigenvalue weighted by Crippen LogP contribution is 2.28. The van der Waals surface area contributed by atoms with Crippen molar-refractivity contribution >= 4 is 33.2 Å². The largest absolute Gasteiger partial charge is 0.467 e. The van der Waals surface area contributed by atoms with Crippen LogP contribution in [0.1, 0.15) is 28.6 Å². The summed E-state index contributed by atoms with van der Waals surface area (Å²) in [5.41, 5.74) is 1.72. The molecule has 0 fully saturated rings. The number of carbonyl (C=O) groups is 2. The van der Waals surface area contributed by atoms with Crippen LogP contribution in [0.4, 0.5) is 11.4 Å². The van der Waals surface area contributed by atoms with Crippen LogP contribution in [0.15, 0.2) is 107 Å². The van der Waals surface area contributed by atoms with Crippen LogP contribution in [0.5, 0.6) is 0 Å². The zero-order valence-electron chi connectivity index (χ0n) is 20.3. The number of furan rings is 1.